The van der Waals surface area contributed by atoms with Gasteiger partial charge in [0.15, 0.2) is 0 Å². The number of ether oxygens (including phenoxy) is 1. The summed E-state index contributed by atoms with van der Waals surface area (Å²) >= 11 is 3.38. The zero-order valence-corrected chi connectivity index (χ0v) is 12.5. The first kappa shape index (κ1) is 13.6. The summed E-state index contributed by atoms with van der Waals surface area (Å²) in [7, 11) is 0. The van der Waals surface area contributed by atoms with Crippen molar-refractivity contribution in [3.63, 3.8) is 0 Å². The van der Waals surface area contributed by atoms with Crippen LogP contribution in [-0.4, -0.2) is 5.11 Å². The number of aryl methyl sites for hydroxylation is 1. The van der Waals surface area contributed by atoms with Crippen LogP contribution in [0, 0.1) is 12.7 Å². The van der Waals surface area contributed by atoms with E-state index in [1.165, 1.54) is 6.07 Å². The number of fused-ring (bicyclic) bond motifs is 1. The lowest BCUT2D eigenvalue weighted by Crippen LogP contribution is -2.19. The van der Waals surface area contributed by atoms with Gasteiger partial charge in [-0.15, -0.1) is 0 Å². The Morgan fingerprint density at radius 3 is 2.80 bits per heavy atom. The van der Waals surface area contributed by atoms with Gasteiger partial charge in [-0.2, -0.15) is 0 Å². The maximum Gasteiger partial charge on any atom is 0.127 e. The van der Waals surface area contributed by atoms with Gasteiger partial charge in [0, 0.05) is 16.5 Å². The van der Waals surface area contributed by atoms with Crippen molar-refractivity contribution >= 4 is 15.9 Å². The van der Waals surface area contributed by atoms with E-state index in [1.807, 2.05) is 24.3 Å². The van der Waals surface area contributed by atoms with Crippen LogP contribution in [0.2, 0.25) is 0 Å². The van der Waals surface area contributed by atoms with Crippen LogP contribution in [0.15, 0.2) is 40.9 Å². The Balaban J connectivity index is 1.94. The highest BCUT2D eigenvalue weighted by atomic mass is 79.9. The molecule has 0 radical (unpaired) electrons. The summed E-state index contributed by atoms with van der Waals surface area (Å²) in [5, 5.41) is 10.2. The molecule has 1 unspecified atom stereocenters. The van der Waals surface area contributed by atoms with E-state index in [0.717, 1.165) is 15.6 Å². The number of hydrogen-bond acceptors (Lipinski definition) is 2. The molecule has 2 aromatic carbocycles. The lowest BCUT2D eigenvalue weighted by molar-refractivity contribution is 0.0655. The molecule has 0 saturated heterocycles. The third kappa shape index (κ3) is 2.45. The van der Waals surface area contributed by atoms with Crippen LogP contribution in [-0.2, 0) is 0 Å². The van der Waals surface area contributed by atoms with Crippen LogP contribution in [0.1, 0.15) is 35.3 Å². The molecule has 0 fully saturated rings. The topological polar surface area (TPSA) is 29.5 Å². The summed E-state index contributed by atoms with van der Waals surface area (Å²) in [4.78, 5) is 0. The van der Waals surface area contributed by atoms with Crippen molar-refractivity contribution in [1.29, 1.82) is 0 Å². The molecule has 0 aliphatic carbocycles. The quantitative estimate of drug-likeness (QED) is 0.833. The fourth-order valence-electron chi connectivity index (χ4n) is 2.43. The molecule has 0 bridgehead atoms. The third-order valence-corrected chi connectivity index (χ3v) is 4.10. The smallest absolute Gasteiger partial charge is 0.127 e. The number of hydrogen-bond donors (Lipinski definition) is 1. The molecule has 104 valence electrons. The van der Waals surface area contributed by atoms with Gasteiger partial charge in [0.1, 0.15) is 17.7 Å². The van der Waals surface area contributed by atoms with E-state index in [1.54, 1.807) is 13.0 Å². The lowest BCUT2D eigenvalue weighted by Gasteiger charge is -2.30. The van der Waals surface area contributed by atoms with Gasteiger partial charge in [0.25, 0.3) is 0 Å². The van der Waals surface area contributed by atoms with Crippen LogP contribution in [0.25, 0.3) is 0 Å². The minimum absolute atomic E-state index is 0.248. The van der Waals surface area contributed by atoms with Crippen molar-refractivity contribution in [2.75, 3.05) is 0 Å². The van der Waals surface area contributed by atoms with Crippen LogP contribution in [0.5, 0.6) is 5.75 Å². The van der Waals surface area contributed by atoms with Gasteiger partial charge in [-0.05, 0) is 42.3 Å². The van der Waals surface area contributed by atoms with Crippen molar-refractivity contribution in [2.45, 2.75) is 25.6 Å². The number of benzene rings is 2. The second kappa shape index (κ2) is 5.19. The number of aliphatic hydroxyl groups excluding tert-OH is 1. The summed E-state index contributed by atoms with van der Waals surface area (Å²) < 4.78 is 20.4. The van der Waals surface area contributed by atoms with Gasteiger partial charge in [-0.1, -0.05) is 28.1 Å². The average Bonchev–Trinajstić information content (AvgIpc) is 2.42. The molecule has 1 heterocycles. The molecule has 0 saturated carbocycles. The lowest BCUT2D eigenvalue weighted by atomic mass is 9.94. The zero-order valence-electron chi connectivity index (χ0n) is 10.9. The molecule has 2 nitrogen and oxygen atoms in total. The van der Waals surface area contributed by atoms with Crippen molar-refractivity contribution < 1.29 is 14.2 Å². The first-order valence-corrected chi connectivity index (χ1v) is 7.24. The first-order chi connectivity index (χ1) is 9.54. The molecular weight excluding hydrogens is 323 g/mol. The fraction of sp³-hybridized carbons (Fsp3) is 0.250. The SMILES string of the molecule is Cc1ccc(C2C[C@@H](O)c3cc(Br)ccc3O2)cc1F. The summed E-state index contributed by atoms with van der Waals surface area (Å²) in [6.45, 7) is 1.72. The molecule has 4 heteroatoms. The molecule has 0 amide bonds. The van der Waals surface area contributed by atoms with E-state index in [4.69, 9.17) is 4.74 Å². The largest absolute Gasteiger partial charge is 0.485 e. The van der Waals surface area contributed by atoms with Gasteiger partial charge in [-0.3, -0.25) is 0 Å². The van der Waals surface area contributed by atoms with Gasteiger partial charge >= 0.3 is 0 Å². The number of halogens is 2. The predicted octanol–water partition coefficient (Wildman–Crippen LogP) is 4.45. The van der Waals surface area contributed by atoms with Crippen LogP contribution < -0.4 is 4.74 Å². The van der Waals surface area contributed by atoms with Crippen molar-refractivity contribution in [2.24, 2.45) is 0 Å². The molecule has 3 rings (SSSR count). The van der Waals surface area contributed by atoms with E-state index in [9.17, 15) is 9.50 Å². The first-order valence-electron chi connectivity index (χ1n) is 6.45. The van der Waals surface area contributed by atoms with Gasteiger partial charge in [-0.25, -0.2) is 4.39 Å². The highest BCUT2D eigenvalue weighted by Crippen LogP contribution is 2.41. The van der Waals surface area contributed by atoms with Gasteiger partial charge in [0.2, 0.25) is 0 Å². The summed E-state index contributed by atoms with van der Waals surface area (Å²) in [5.74, 6) is 0.403. The second-order valence-electron chi connectivity index (χ2n) is 5.05. The van der Waals surface area contributed by atoms with Crippen LogP contribution in [0.4, 0.5) is 4.39 Å². The molecule has 1 N–H and O–H groups in total. The van der Waals surface area contributed by atoms with E-state index in [2.05, 4.69) is 15.9 Å². The van der Waals surface area contributed by atoms with Crippen LogP contribution >= 0.6 is 15.9 Å². The van der Waals surface area contributed by atoms with Crippen molar-refractivity contribution in [3.05, 3.63) is 63.4 Å². The van der Waals surface area contributed by atoms with Crippen molar-refractivity contribution in [3.8, 4) is 5.75 Å². The maximum absolute atomic E-state index is 13.7. The molecule has 0 spiro atoms. The molecule has 1 aliphatic heterocycles. The minimum Gasteiger partial charge on any atom is -0.485 e. The fourth-order valence-corrected chi connectivity index (χ4v) is 2.81. The summed E-state index contributed by atoms with van der Waals surface area (Å²) in [5.41, 5.74) is 2.12. The molecule has 2 aromatic rings. The highest BCUT2D eigenvalue weighted by molar-refractivity contribution is 9.10. The van der Waals surface area contributed by atoms with E-state index < -0.39 is 6.10 Å². The standard InChI is InChI=1S/C16H14BrFO2/c1-9-2-3-10(6-13(9)18)16-8-14(19)12-7-11(17)4-5-15(12)20-16/h2-7,14,16,19H,8H2,1H3/t14-,16?/m1/s1. The Hall–Kier alpha value is -1.39. The molecule has 0 aromatic heterocycles. The summed E-state index contributed by atoms with van der Waals surface area (Å²) in [6, 6.07) is 10.6. The van der Waals surface area contributed by atoms with Crippen molar-refractivity contribution in [1.82, 2.24) is 0 Å². The normalized spacial score (nSPS) is 21.2. The Morgan fingerprint density at radius 1 is 1.25 bits per heavy atom. The monoisotopic (exact) mass is 336 g/mol. The molecule has 1 aliphatic rings. The molecule has 20 heavy (non-hydrogen) atoms. The third-order valence-electron chi connectivity index (χ3n) is 3.61. The highest BCUT2D eigenvalue weighted by Gasteiger charge is 2.28. The minimum atomic E-state index is -0.606. The van der Waals surface area contributed by atoms with E-state index in [0.29, 0.717) is 17.7 Å². The predicted molar refractivity (Wildman–Crippen MR) is 78.2 cm³/mol. The number of aliphatic hydroxyl groups is 1. The Labute approximate surface area is 125 Å². The summed E-state index contributed by atoms with van der Waals surface area (Å²) in [6.07, 6.45) is -0.509. The van der Waals surface area contributed by atoms with E-state index >= 15 is 0 Å². The number of rotatable bonds is 1. The second-order valence-corrected chi connectivity index (χ2v) is 5.96. The van der Waals surface area contributed by atoms with Crippen LogP contribution in [0.3, 0.4) is 0 Å². The van der Waals surface area contributed by atoms with Gasteiger partial charge in [0.05, 0.1) is 6.10 Å². The zero-order chi connectivity index (χ0) is 14.3. The molecule has 2 atom stereocenters. The average molecular weight is 337 g/mol. The Morgan fingerprint density at radius 2 is 2.05 bits per heavy atom. The Bertz CT molecular complexity index is 657. The maximum atomic E-state index is 13.7. The Kier molecular flexibility index (Phi) is 3.52. The molecular formula is C16H14BrFO2. The van der Waals surface area contributed by atoms with Gasteiger partial charge < -0.3 is 9.84 Å². The van der Waals surface area contributed by atoms with E-state index in [-0.39, 0.29) is 11.9 Å².